The van der Waals surface area contributed by atoms with Crippen LogP contribution in [0.5, 0.6) is 0 Å². The Balaban J connectivity index is 0.000000195. The van der Waals surface area contributed by atoms with Crippen molar-refractivity contribution in [1.29, 1.82) is 10.8 Å². The monoisotopic (exact) mass is 480 g/mol. The van der Waals surface area contributed by atoms with Crippen molar-refractivity contribution in [3.8, 4) is 0 Å². The van der Waals surface area contributed by atoms with E-state index in [-0.39, 0.29) is 11.9 Å². The number of β-amino-alcohol motifs (C(OH)–C–C–N with tert-alkyl or cyclic N) is 2. The molecule has 2 aliphatic heterocycles. The molecular weight excluding hydrogens is 452 g/mol. The quantitative estimate of drug-likeness (QED) is 0.145. The number of aliphatic hydroxyl groups excluding tert-OH is 2. The highest BCUT2D eigenvalue weighted by molar-refractivity contribution is 7.79. The SMILES string of the molecule is N=C(N)N1Cc2ccccc2C(O)C1.N=C(N)N1Cc2ccccc2C(O)C1.O=S(=O)(O)O. The molecule has 2 aliphatic rings. The lowest BCUT2D eigenvalue weighted by atomic mass is 9.98. The Labute approximate surface area is 191 Å². The van der Waals surface area contributed by atoms with Gasteiger partial charge in [0.1, 0.15) is 0 Å². The molecule has 33 heavy (non-hydrogen) atoms. The fourth-order valence-electron chi connectivity index (χ4n) is 3.53. The number of nitrogens with one attached hydrogen (secondary N) is 2. The lowest BCUT2D eigenvalue weighted by Crippen LogP contribution is -2.41. The first kappa shape index (κ1) is 26.0. The van der Waals surface area contributed by atoms with Crippen LogP contribution in [0.4, 0.5) is 0 Å². The molecule has 0 fully saturated rings. The maximum atomic E-state index is 9.79. The van der Waals surface area contributed by atoms with Gasteiger partial charge in [0, 0.05) is 13.1 Å². The summed E-state index contributed by atoms with van der Waals surface area (Å²) in [6.45, 7) is 2.05. The van der Waals surface area contributed by atoms with E-state index in [0.717, 1.165) is 22.3 Å². The maximum absolute atomic E-state index is 9.79. The zero-order chi connectivity index (χ0) is 24.8. The van der Waals surface area contributed by atoms with Crippen LogP contribution in [0.25, 0.3) is 0 Å². The number of hydrogen-bond acceptors (Lipinski definition) is 6. The second-order valence-corrected chi connectivity index (χ2v) is 8.30. The van der Waals surface area contributed by atoms with E-state index in [1.807, 2.05) is 48.5 Å². The van der Waals surface area contributed by atoms with E-state index in [2.05, 4.69) is 0 Å². The third-order valence-corrected chi connectivity index (χ3v) is 5.02. The van der Waals surface area contributed by atoms with Crippen LogP contribution in [0.3, 0.4) is 0 Å². The first-order valence-electron chi connectivity index (χ1n) is 9.76. The predicted octanol–water partition coefficient (Wildman–Crippen LogP) is 0.205. The third-order valence-electron chi connectivity index (χ3n) is 5.02. The van der Waals surface area contributed by atoms with Crippen LogP contribution in [0.2, 0.25) is 0 Å². The highest BCUT2D eigenvalue weighted by Gasteiger charge is 2.24. The Kier molecular flexibility index (Phi) is 8.73. The van der Waals surface area contributed by atoms with Gasteiger partial charge in [0.05, 0.1) is 25.3 Å². The largest absolute Gasteiger partial charge is 0.394 e. The Hall–Kier alpha value is -3.23. The van der Waals surface area contributed by atoms with Gasteiger partial charge in [-0.2, -0.15) is 8.42 Å². The number of hydrogen-bond donors (Lipinski definition) is 8. The summed E-state index contributed by atoms with van der Waals surface area (Å²) in [6, 6.07) is 15.4. The molecule has 2 heterocycles. The van der Waals surface area contributed by atoms with Gasteiger partial charge in [-0.25, -0.2) is 0 Å². The number of rotatable bonds is 0. The molecule has 0 aliphatic carbocycles. The lowest BCUT2D eigenvalue weighted by molar-refractivity contribution is 0.126. The number of nitrogens with zero attached hydrogens (tertiary/aromatic N) is 2. The normalized spacial score (nSPS) is 19.0. The van der Waals surface area contributed by atoms with Crippen LogP contribution in [0, 0.1) is 10.8 Å². The molecule has 0 radical (unpaired) electrons. The molecule has 12 nitrogen and oxygen atoms in total. The molecule has 4 rings (SSSR count). The van der Waals surface area contributed by atoms with Gasteiger partial charge in [-0.05, 0) is 22.3 Å². The molecule has 0 spiro atoms. The summed E-state index contributed by atoms with van der Waals surface area (Å²) in [5.41, 5.74) is 14.8. The molecule has 2 unspecified atom stereocenters. The summed E-state index contributed by atoms with van der Waals surface area (Å²) in [6.07, 6.45) is -1.08. The summed E-state index contributed by atoms with van der Waals surface area (Å²) >= 11 is 0. The predicted molar refractivity (Wildman–Crippen MR) is 122 cm³/mol. The highest BCUT2D eigenvalue weighted by atomic mass is 32.3. The van der Waals surface area contributed by atoms with Gasteiger partial charge in [-0.3, -0.25) is 19.9 Å². The second kappa shape index (κ2) is 11.1. The summed E-state index contributed by atoms with van der Waals surface area (Å²) < 4.78 is 31.6. The van der Waals surface area contributed by atoms with E-state index >= 15 is 0 Å². The van der Waals surface area contributed by atoms with E-state index in [1.165, 1.54) is 0 Å². The third kappa shape index (κ3) is 8.00. The van der Waals surface area contributed by atoms with Crippen molar-refractivity contribution in [2.45, 2.75) is 25.3 Å². The van der Waals surface area contributed by atoms with Crippen molar-refractivity contribution in [3.05, 3.63) is 70.8 Å². The van der Waals surface area contributed by atoms with Crippen LogP contribution >= 0.6 is 0 Å². The van der Waals surface area contributed by atoms with Gasteiger partial charge in [-0.15, -0.1) is 0 Å². The first-order chi connectivity index (χ1) is 15.4. The van der Waals surface area contributed by atoms with Gasteiger partial charge in [0.2, 0.25) is 0 Å². The van der Waals surface area contributed by atoms with E-state index in [1.54, 1.807) is 9.80 Å². The first-order valence-corrected chi connectivity index (χ1v) is 11.2. The Morgan fingerprint density at radius 2 is 1.09 bits per heavy atom. The van der Waals surface area contributed by atoms with E-state index in [0.29, 0.717) is 26.2 Å². The average Bonchev–Trinajstić information content (AvgIpc) is 2.73. The minimum absolute atomic E-state index is 0.0125. The molecule has 2 aromatic carbocycles. The smallest absolute Gasteiger partial charge is 0.387 e. The summed E-state index contributed by atoms with van der Waals surface area (Å²) in [5.74, 6) is 0.0251. The second-order valence-electron chi connectivity index (χ2n) is 7.41. The zero-order valence-corrected chi connectivity index (χ0v) is 18.5. The van der Waals surface area contributed by atoms with Gasteiger partial charge in [-0.1, -0.05) is 48.5 Å². The van der Waals surface area contributed by atoms with E-state index < -0.39 is 22.6 Å². The fraction of sp³-hybridized carbons (Fsp3) is 0.300. The van der Waals surface area contributed by atoms with E-state index in [4.69, 9.17) is 39.8 Å². The topological polar surface area (TPSA) is 221 Å². The number of guanidine groups is 2. The van der Waals surface area contributed by atoms with Crippen molar-refractivity contribution >= 4 is 22.3 Å². The number of fused-ring (bicyclic) bond motifs is 2. The van der Waals surface area contributed by atoms with Crippen molar-refractivity contribution in [2.24, 2.45) is 11.5 Å². The number of benzene rings is 2. The van der Waals surface area contributed by atoms with Crippen molar-refractivity contribution in [3.63, 3.8) is 0 Å². The Morgan fingerprint density at radius 3 is 1.39 bits per heavy atom. The molecule has 10 N–H and O–H groups in total. The summed E-state index contributed by atoms with van der Waals surface area (Å²) in [5, 5.41) is 34.2. The summed E-state index contributed by atoms with van der Waals surface area (Å²) in [4.78, 5) is 3.32. The van der Waals surface area contributed by atoms with Crippen LogP contribution in [0.1, 0.15) is 34.5 Å². The molecule has 180 valence electrons. The minimum atomic E-state index is -4.67. The van der Waals surface area contributed by atoms with Crippen LogP contribution in [-0.2, 0) is 23.5 Å². The highest BCUT2D eigenvalue weighted by Crippen LogP contribution is 2.26. The van der Waals surface area contributed by atoms with Crippen LogP contribution < -0.4 is 11.5 Å². The molecule has 2 aromatic rings. The molecule has 13 heteroatoms. The standard InChI is InChI=1S/2C10H13N3O.H2O4S/c2*11-10(12)13-5-7-3-1-2-4-8(7)9(14)6-13;1-5(2,3)4/h2*1-4,9,14H,5-6H2,(H3,11,12);(H2,1,2,3,4). The molecule has 0 amide bonds. The van der Waals surface area contributed by atoms with Crippen molar-refractivity contribution in [2.75, 3.05) is 13.1 Å². The Morgan fingerprint density at radius 1 is 0.788 bits per heavy atom. The number of nitrogens with two attached hydrogens (primary N) is 2. The van der Waals surface area contributed by atoms with E-state index in [9.17, 15) is 10.2 Å². The molecule has 0 saturated heterocycles. The van der Waals surface area contributed by atoms with Gasteiger partial charge < -0.3 is 31.5 Å². The van der Waals surface area contributed by atoms with Crippen LogP contribution in [-0.4, -0.2) is 62.5 Å². The average molecular weight is 481 g/mol. The molecule has 0 aromatic heterocycles. The lowest BCUT2D eigenvalue weighted by Gasteiger charge is -2.32. The number of aliphatic hydroxyl groups is 2. The van der Waals surface area contributed by atoms with Gasteiger partial charge in [0.25, 0.3) is 0 Å². The fourth-order valence-corrected chi connectivity index (χ4v) is 3.53. The molecule has 0 saturated carbocycles. The minimum Gasteiger partial charge on any atom is -0.387 e. The van der Waals surface area contributed by atoms with Gasteiger partial charge in [0.15, 0.2) is 11.9 Å². The maximum Gasteiger partial charge on any atom is 0.394 e. The van der Waals surface area contributed by atoms with Crippen molar-refractivity contribution < 1.29 is 27.7 Å². The van der Waals surface area contributed by atoms with Gasteiger partial charge >= 0.3 is 10.4 Å². The zero-order valence-electron chi connectivity index (χ0n) is 17.7. The molecular formula is C20H28N6O6S. The van der Waals surface area contributed by atoms with Crippen molar-refractivity contribution in [1.82, 2.24) is 9.80 Å². The Bertz CT molecular complexity index is 1020. The summed E-state index contributed by atoms with van der Waals surface area (Å²) in [7, 11) is -4.67. The van der Waals surface area contributed by atoms with Crippen LogP contribution in [0.15, 0.2) is 48.5 Å². The molecule has 0 bridgehead atoms. The molecule has 2 atom stereocenters.